The summed E-state index contributed by atoms with van der Waals surface area (Å²) in [5.74, 6) is -3.25. The lowest BCUT2D eigenvalue weighted by atomic mass is 9.96. The van der Waals surface area contributed by atoms with Crippen LogP contribution in [0.4, 0.5) is 26.3 Å². The van der Waals surface area contributed by atoms with E-state index in [4.69, 9.17) is 40.5 Å². The van der Waals surface area contributed by atoms with Gasteiger partial charge in [-0.05, 0) is 49.2 Å². The fraction of sp³-hybridized carbons (Fsp3) is 0.318. The lowest BCUT2D eigenvalue weighted by Crippen LogP contribution is -2.45. The van der Waals surface area contributed by atoms with Crippen molar-refractivity contribution in [3.05, 3.63) is 73.7 Å². The molecule has 0 aliphatic rings. The predicted molar refractivity (Wildman–Crippen MR) is 121 cm³/mol. The van der Waals surface area contributed by atoms with Gasteiger partial charge in [0.05, 0.1) is 32.1 Å². The van der Waals surface area contributed by atoms with E-state index < -0.39 is 40.8 Å². The van der Waals surface area contributed by atoms with E-state index in [2.05, 4.69) is 5.32 Å². The molecule has 0 bridgehead atoms. The van der Waals surface area contributed by atoms with Gasteiger partial charge in [0.25, 0.3) is 5.91 Å². The van der Waals surface area contributed by atoms with Crippen molar-refractivity contribution in [2.24, 2.45) is 5.73 Å². The molecule has 0 aromatic heterocycles. The number of carbonyl (C=O) groups is 1. The maximum atomic E-state index is 13.7. The number of nitrogens with one attached hydrogen (secondary N) is 1. The SMILES string of the molecule is CC(C)(N)CNC(=O)c1ccc(C=CC(c2cc(Cl)c(Cl)c(Cl)c2)C(F)(F)F)cc1C(F)(F)F. The van der Waals surface area contributed by atoms with Gasteiger partial charge in [-0.3, -0.25) is 4.79 Å². The van der Waals surface area contributed by atoms with Crippen molar-refractivity contribution in [3.63, 3.8) is 0 Å². The van der Waals surface area contributed by atoms with E-state index in [9.17, 15) is 31.1 Å². The number of amides is 1. The Hall–Kier alpha value is -1.94. The normalized spacial score (nSPS) is 13.9. The van der Waals surface area contributed by atoms with Crippen LogP contribution in [0.2, 0.25) is 15.1 Å². The fourth-order valence-electron chi connectivity index (χ4n) is 2.87. The first-order valence-corrected chi connectivity index (χ1v) is 10.7. The van der Waals surface area contributed by atoms with Gasteiger partial charge in [-0.2, -0.15) is 26.3 Å². The van der Waals surface area contributed by atoms with Crippen LogP contribution in [0.1, 0.15) is 46.8 Å². The van der Waals surface area contributed by atoms with Crippen molar-refractivity contribution in [1.82, 2.24) is 5.32 Å². The summed E-state index contributed by atoms with van der Waals surface area (Å²) < 4.78 is 81.8. The monoisotopic (exact) mass is 546 g/mol. The third-order valence-electron chi connectivity index (χ3n) is 4.50. The molecule has 0 aliphatic carbocycles. The van der Waals surface area contributed by atoms with Crippen LogP contribution in [0.25, 0.3) is 6.08 Å². The van der Waals surface area contributed by atoms with Crippen molar-refractivity contribution >= 4 is 46.8 Å². The van der Waals surface area contributed by atoms with Crippen molar-refractivity contribution in [1.29, 1.82) is 0 Å². The number of hydrogen-bond donors (Lipinski definition) is 2. The number of carbonyl (C=O) groups excluding carboxylic acids is 1. The first kappa shape index (κ1) is 28.3. The zero-order chi connectivity index (χ0) is 26.1. The summed E-state index contributed by atoms with van der Waals surface area (Å²) in [5.41, 5.74) is 2.32. The Balaban J connectivity index is 2.46. The number of hydrogen-bond acceptors (Lipinski definition) is 2. The van der Waals surface area contributed by atoms with E-state index in [0.29, 0.717) is 12.1 Å². The average Bonchev–Trinajstić information content (AvgIpc) is 2.68. The molecule has 0 saturated heterocycles. The summed E-state index contributed by atoms with van der Waals surface area (Å²) in [4.78, 5) is 12.3. The Morgan fingerprint density at radius 3 is 2.06 bits per heavy atom. The number of rotatable bonds is 6. The van der Waals surface area contributed by atoms with Crippen LogP contribution in [0.5, 0.6) is 0 Å². The van der Waals surface area contributed by atoms with Gasteiger partial charge in [-0.25, -0.2) is 0 Å². The summed E-state index contributed by atoms with van der Waals surface area (Å²) in [6.07, 6.45) is -8.20. The summed E-state index contributed by atoms with van der Waals surface area (Å²) in [7, 11) is 0. The molecule has 3 nitrogen and oxygen atoms in total. The molecular formula is C22H19Cl3F6N2O. The van der Waals surface area contributed by atoms with Crippen LogP contribution in [0, 0.1) is 0 Å². The lowest BCUT2D eigenvalue weighted by molar-refractivity contribution is -0.139. The van der Waals surface area contributed by atoms with Gasteiger partial charge in [0.15, 0.2) is 0 Å². The van der Waals surface area contributed by atoms with E-state index in [1.165, 1.54) is 0 Å². The molecule has 1 unspecified atom stereocenters. The quantitative estimate of drug-likeness (QED) is 0.291. The molecule has 1 amide bonds. The van der Waals surface area contributed by atoms with E-state index >= 15 is 0 Å². The van der Waals surface area contributed by atoms with E-state index in [-0.39, 0.29) is 32.7 Å². The largest absolute Gasteiger partial charge is 0.417 e. The van der Waals surface area contributed by atoms with Gasteiger partial charge < -0.3 is 11.1 Å². The zero-order valence-corrected chi connectivity index (χ0v) is 20.0. The molecule has 3 N–H and O–H groups in total. The van der Waals surface area contributed by atoms with Gasteiger partial charge in [0, 0.05) is 12.1 Å². The Bertz CT molecular complexity index is 1070. The van der Waals surface area contributed by atoms with Crippen LogP contribution in [-0.2, 0) is 6.18 Å². The summed E-state index contributed by atoms with van der Waals surface area (Å²) in [6, 6.07) is 4.54. The standard InChI is InChI=1S/C22H19Cl3F6N2O/c1-20(2,32)10-33-19(34)13-5-3-11(7-15(13)22(29,30)31)4-6-14(21(26,27)28)12-8-16(23)18(25)17(24)9-12/h3-9,14H,10,32H2,1-2H3,(H,33,34). The molecule has 2 rings (SSSR count). The summed E-state index contributed by atoms with van der Waals surface area (Å²) in [5, 5.41) is 1.77. The molecule has 0 saturated carbocycles. The highest BCUT2D eigenvalue weighted by molar-refractivity contribution is 6.48. The predicted octanol–water partition coefficient (Wildman–Crippen LogP) is 7.49. The fourth-order valence-corrected chi connectivity index (χ4v) is 3.49. The highest BCUT2D eigenvalue weighted by Crippen LogP contribution is 2.41. The van der Waals surface area contributed by atoms with Crippen LogP contribution in [-0.4, -0.2) is 24.2 Å². The number of benzene rings is 2. The van der Waals surface area contributed by atoms with Crippen molar-refractivity contribution in [2.45, 2.75) is 37.7 Å². The first-order valence-electron chi connectivity index (χ1n) is 9.58. The van der Waals surface area contributed by atoms with Crippen LogP contribution in [0.15, 0.2) is 36.4 Å². The van der Waals surface area contributed by atoms with E-state index in [0.717, 1.165) is 30.3 Å². The van der Waals surface area contributed by atoms with E-state index in [1.54, 1.807) is 13.8 Å². The molecule has 0 radical (unpaired) electrons. The second kappa shape index (κ2) is 10.4. The molecule has 1 atom stereocenters. The van der Waals surface area contributed by atoms with E-state index in [1.807, 2.05) is 0 Å². The maximum Gasteiger partial charge on any atom is 0.417 e. The topological polar surface area (TPSA) is 55.1 Å². The molecule has 0 spiro atoms. The Morgan fingerprint density at radius 1 is 1.03 bits per heavy atom. The van der Waals surface area contributed by atoms with Gasteiger partial charge in [0.1, 0.15) is 0 Å². The minimum Gasteiger partial charge on any atom is -0.350 e. The third kappa shape index (κ3) is 7.53. The number of nitrogens with two attached hydrogens (primary N) is 1. The van der Waals surface area contributed by atoms with Crippen molar-refractivity contribution in [3.8, 4) is 0 Å². The smallest absolute Gasteiger partial charge is 0.350 e. The van der Waals surface area contributed by atoms with Gasteiger partial charge in [0.2, 0.25) is 0 Å². The van der Waals surface area contributed by atoms with Crippen molar-refractivity contribution in [2.75, 3.05) is 6.54 Å². The number of alkyl halides is 6. The zero-order valence-electron chi connectivity index (χ0n) is 17.7. The minimum absolute atomic E-state index is 0.0930. The number of halogens is 9. The number of allylic oxidation sites excluding steroid dienone is 1. The molecular weight excluding hydrogens is 529 g/mol. The molecule has 12 heteroatoms. The molecule has 34 heavy (non-hydrogen) atoms. The molecule has 0 heterocycles. The van der Waals surface area contributed by atoms with Crippen LogP contribution < -0.4 is 11.1 Å². The minimum atomic E-state index is -4.94. The first-order chi connectivity index (χ1) is 15.4. The van der Waals surface area contributed by atoms with Gasteiger partial charge in [-0.15, -0.1) is 0 Å². The Kier molecular flexibility index (Phi) is 8.62. The van der Waals surface area contributed by atoms with Crippen LogP contribution in [0.3, 0.4) is 0 Å². The second-order valence-corrected chi connectivity index (χ2v) is 9.34. The molecule has 2 aromatic rings. The summed E-state index contributed by atoms with van der Waals surface area (Å²) >= 11 is 17.4. The summed E-state index contributed by atoms with van der Waals surface area (Å²) in [6.45, 7) is 3.05. The van der Waals surface area contributed by atoms with Crippen LogP contribution >= 0.6 is 34.8 Å². The maximum absolute atomic E-state index is 13.7. The highest BCUT2D eigenvalue weighted by atomic mass is 35.5. The molecule has 0 fully saturated rings. The molecule has 186 valence electrons. The van der Waals surface area contributed by atoms with Gasteiger partial charge in [-0.1, -0.05) is 53.0 Å². The Labute approximate surface area is 206 Å². The average molecular weight is 548 g/mol. The second-order valence-electron chi connectivity index (χ2n) is 8.15. The lowest BCUT2D eigenvalue weighted by Gasteiger charge is -2.20. The molecule has 2 aromatic carbocycles. The Morgan fingerprint density at radius 2 is 1.59 bits per heavy atom. The molecule has 0 aliphatic heterocycles. The third-order valence-corrected chi connectivity index (χ3v) is 5.69. The highest BCUT2D eigenvalue weighted by Gasteiger charge is 2.40. The van der Waals surface area contributed by atoms with Gasteiger partial charge >= 0.3 is 12.4 Å². The van der Waals surface area contributed by atoms with Crippen molar-refractivity contribution < 1.29 is 31.1 Å².